The number of hydrogen-bond donors (Lipinski definition) is 0. The lowest BCUT2D eigenvalue weighted by atomic mass is 10.0. The number of ether oxygens (including phenoxy) is 4. The summed E-state index contributed by atoms with van der Waals surface area (Å²) < 4.78 is 21.8. The van der Waals surface area contributed by atoms with Gasteiger partial charge in [0.2, 0.25) is 0 Å². The van der Waals surface area contributed by atoms with Crippen molar-refractivity contribution in [1.82, 2.24) is 9.97 Å². The smallest absolute Gasteiger partial charge is 0.338 e. The summed E-state index contributed by atoms with van der Waals surface area (Å²) in [5, 5.41) is 0. The third-order valence-corrected chi connectivity index (χ3v) is 7.25. The predicted octanol–water partition coefficient (Wildman–Crippen LogP) is 6.45. The summed E-state index contributed by atoms with van der Waals surface area (Å²) in [6.45, 7) is 4.01. The van der Waals surface area contributed by atoms with Crippen LogP contribution in [0.5, 0.6) is 11.5 Å². The van der Waals surface area contributed by atoms with Crippen molar-refractivity contribution in [3.05, 3.63) is 153 Å². The molecule has 0 saturated carbocycles. The average Bonchev–Trinajstić information content (AvgIpc) is 3.18. The first-order chi connectivity index (χ1) is 25.4. The molecule has 0 aliphatic rings. The summed E-state index contributed by atoms with van der Waals surface area (Å²) in [5.74, 6) is 25.1. The number of carbonyl (C=O) groups is 2. The van der Waals surface area contributed by atoms with E-state index in [9.17, 15) is 9.59 Å². The van der Waals surface area contributed by atoms with Crippen molar-refractivity contribution in [3.63, 3.8) is 0 Å². The molecule has 2 heterocycles. The highest BCUT2D eigenvalue weighted by Crippen LogP contribution is 2.28. The maximum atomic E-state index is 12.5. The number of esters is 2. The van der Waals surface area contributed by atoms with Crippen molar-refractivity contribution < 1.29 is 28.5 Å². The quantitative estimate of drug-likeness (QED) is 0.149. The van der Waals surface area contributed by atoms with Gasteiger partial charge in [-0.3, -0.25) is 9.97 Å². The molecular formula is C44H32N2O6. The third-order valence-electron chi connectivity index (χ3n) is 7.25. The van der Waals surface area contributed by atoms with Gasteiger partial charge in [0.15, 0.2) is 0 Å². The Labute approximate surface area is 303 Å². The molecule has 3 aromatic carbocycles. The SMILES string of the molecule is CCOC(=O)c1ccc(C#Cc2cc(OC)c(C#Cc3ccc(C(=O)OCC)cc3C#Cc3cccnc3)cc2OC)c(C#Cc2cccnc2)c1. The molecule has 8 nitrogen and oxygen atoms in total. The van der Waals surface area contributed by atoms with Gasteiger partial charge in [-0.2, -0.15) is 0 Å². The second kappa shape index (κ2) is 17.9. The second-order valence-corrected chi connectivity index (χ2v) is 10.7. The maximum absolute atomic E-state index is 12.5. The van der Waals surface area contributed by atoms with Gasteiger partial charge in [0.05, 0.1) is 49.7 Å². The van der Waals surface area contributed by atoms with Gasteiger partial charge >= 0.3 is 11.9 Å². The molecule has 8 heteroatoms. The van der Waals surface area contributed by atoms with Gasteiger partial charge in [0.1, 0.15) is 11.5 Å². The van der Waals surface area contributed by atoms with Crippen LogP contribution in [0.15, 0.2) is 97.6 Å². The molecule has 52 heavy (non-hydrogen) atoms. The largest absolute Gasteiger partial charge is 0.495 e. The summed E-state index contributed by atoms with van der Waals surface area (Å²) >= 11 is 0. The van der Waals surface area contributed by atoms with Gasteiger partial charge in [-0.1, -0.05) is 47.4 Å². The lowest BCUT2D eigenvalue weighted by molar-refractivity contribution is 0.0516. The lowest BCUT2D eigenvalue weighted by Crippen LogP contribution is -2.05. The molecule has 5 rings (SSSR count). The number of carbonyl (C=O) groups excluding carboxylic acids is 2. The zero-order valence-electron chi connectivity index (χ0n) is 29.0. The number of methoxy groups -OCH3 is 2. The van der Waals surface area contributed by atoms with E-state index < -0.39 is 11.9 Å². The topological polar surface area (TPSA) is 96.8 Å². The highest BCUT2D eigenvalue weighted by atomic mass is 16.5. The lowest BCUT2D eigenvalue weighted by Gasteiger charge is -2.09. The van der Waals surface area contributed by atoms with Crippen molar-refractivity contribution in [3.8, 4) is 58.9 Å². The van der Waals surface area contributed by atoms with Gasteiger partial charge in [-0.05, 0) is 74.5 Å². The Bertz CT molecular complexity index is 2190. The minimum atomic E-state index is -0.447. The van der Waals surface area contributed by atoms with Crippen LogP contribution in [0.1, 0.15) is 79.1 Å². The van der Waals surface area contributed by atoms with Gasteiger partial charge in [0, 0.05) is 70.3 Å². The van der Waals surface area contributed by atoms with Crippen molar-refractivity contribution >= 4 is 11.9 Å². The van der Waals surface area contributed by atoms with Gasteiger partial charge in [-0.15, -0.1) is 0 Å². The Morgan fingerprint density at radius 3 is 1.29 bits per heavy atom. The van der Waals surface area contributed by atoms with Crippen LogP contribution in [0.3, 0.4) is 0 Å². The van der Waals surface area contributed by atoms with Crippen LogP contribution in [-0.4, -0.2) is 49.3 Å². The van der Waals surface area contributed by atoms with Crippen molar-refractivity contribution in [2.75, 3.05) is 27.4 Å². The third kappa shape index (κ3) is 9.46. The van der Waals surface area contributed by atoms with E-state index in [0.29, 0.717) is 67.1 Å². The molecule has 2 aromatic heterocycles. The molecule has 0 atom stereocenters. The first-order valence-electron chi connectivity index (χ1n) is 16.2. The van der Waals surface area contributed by atoms with Crippen LogP contribution < -0.4 is 9.47 Å². The summed E-state index contributed by atoms with van der Waals surface area (Å²) in [7, 11) is 3.09. The number of aromatic nitrogens is 2. The Morgan fingerprint density at radius 2 is 0.923 bits per heavy atom. The molecule has 5 aromatic rings. The van der Waals surface area contributed by atoms with Gasteiger partial charge < -0.3 is 18.9 Å². The van der Waals surface area contributed by atoms with E-state index in [4.69, 9.17) is 18.9 Å². The molecule has 0 unspecified atom stereocenters. The summed E-state index contributed by atoms with van der Waals surface area (Å²) in [5.41, 5.74) is 5.56. The number of benzene rings is 3. The van der Waals surface area contributed by atoms with E-state index in [-0.39, 0.29) is 13.2 Å². The van der Waals surface area contributed by atoms with E-state index in [1.54, 1.807) is 114 Å². The molecule has 254 valence electrons. The van der Waals surface area contributed by atoms with Crippen LogP contribution in [-0.2, 0) is 9.47 Å². The fourth-order valence-electron chi connectivity index (χ4n) is 4.71. The number of hydrogen-bond acceptors (Lipinski definition) is 8. The van der Waals surface area contributed by atoms with E-state index >= 15 is 0 Å². The molecule has 0 saturated heterocycles. The summed E-state index contributed by atoms with van der Waals surface area (Å²) in [6.07, 6.45) is 6.66. The Morgan fingerprint density at radius 1 is 0.519 bits per heavy atom. The molecule has 0 N–H and O–H groups in total. The molecule has 0 bridgehead atoms. The van der Waals surface area contributed by atoms with Crippen LogP contribution >= 0.6 is 0 Å². The summed E-state index contributed by atoms with van der Waals surface area (Å²) in [4.78, 5) is 33.2. The Balaban J connectivity index is 1.53. The van der Waals surface area contributed by atoms with Crippen molar-refractivity contribution in [1.29, 1.82) is 0 Å². The molecular weight excluding hydrogens is 652 g/mol. The van der Waals surface area contributed by atoms with E-state index in [2.05, 4.69) is 57.3 Å². The Kier molecular flexibility index (Phi) is 12.4. The highest BCUT2D eigenvalue weighted by Gasteiger charge is 2.12. The van der Waals surface area contributed by atoms with E-state index in [1.165, 1.54) is 0 Å². The van der Waals surface area contributed by atoms with E-state index in [0.717, 1.165) is 0 Å². The van der Waals surface area contributed by atoms with Gasteiger partial charge in [0.25, 0.3) is 0 Å². The molecule has 0 amide bonds. The summed E-state index contributed by atoms with van der Waals surface area (Å²) in [6, 6.07) is 20.9. The average molecular weight is 685 g/mol. The predicted molar refractivity (Wildman–Crippen MR) is 197 cm³/mol. The monoisotopic (exact) mass is 684 g/mol. The molecule has 0 fully saturated rings. The van der Waals surface area contributed by atoms with Crippen LogP contribution in [0.4, 0.5) is 0 Å². The van der Waals surface area contributed by atoms with Crippen molar-refractivity contribution in [2.45, 2.75) is 13.8 Å². The first-order valence-corrected chi connectivity index (χ1v) is 16.2. The standard InChI is InChI=1S/C44H32N2O6/c1-5-51-43(47)39-21-17-33(35(25-39)13-11-31-9-7-23-45-29-31)15-19-37-27-42(50-4)38(28-41(37)49-3)20-16-34-18-22-40(44(48)52-6-2)26-36(34)14-12-32-10-8-24-46-30-32/h7-10,17-18,21-30H,5-6H2,1-4H3. The second-order valence-electron chi connectivity index (χ2n) is 10.7. The molecule has 0 radical (unpaired) electrons. The molecule has 0 spiro atoms. The van der Waals surface area contributed by atoms with Crippen LogP contribution in [0.25, 0.3) is 0 Å². The minimum Gasteiger partial charge on any atom is -0.495 e. The zero-order valence-corrected chi connectivity index (χ0v) is 29.0. The number of pyridine rings is 2. The number of nitrogens with zero attached hydrogens (tertiary/aromatic N) is 2. The Hall–Kier alpha value is -7.26. The molecule has 0 aliphatic carbocycles. The first kappa shape index (κ1) is 36.0. The maximum Gasteiger partial charge on any atom is 0.338 e. The normalized spacial score (nSPS) is 9.62. The zero-order chi connectivity index (χ0) is 36.7. The highest BCUT2D eigenvalue weighted by molar-refractivity contribution is 5.91. The number of rotatable bonds is 6. The minimum absolute atomic E-state index is 0.252. The van der Waals surface area contributed by atoms with E-state index in [1.807, 2.05) is 12.1 Å². The van der Waals surface area contributed by atoms with Crippen molar-refractivity contribution in [2.24, 2.45) is 0 Å². The van der Waals surface area contributed by atoms with Gasteiger partial charge in [-0.25, -0.2) is 9.59 Å². The van der Waals surface area contributed by atoms with Crippen LogP contribution in [0.2, 0.25) is 0 Å². The van der Waals surface area contributed by atoms with Crippen LogP contribution in [0, 0.1) is 47.4 Å². The molecule has 0 aliphatic heterocycles. The fraction of sp³-hybridized carbons (Fsp3) is 0.136. The fourth-order valence-corrected chi connectivity index (χ4v) is 4.71.